The van der Waals surface area contributed by atoms with Gasteiger partial charge in [-0.25, -0.2) is 0 Å². The van der Waals surface area contributed by atoms with Gasteiger partial charge in [0.25, 0.3) is 0 Å². The van der Waals surface area contributed by atoms with Crippen molar-refractivity contribution in [2.45, 2.75) is 33.2 Å². The highest BCUT2D eigenvalue weighted by Gasteiger charge is 2.24. The van der Waals surface area contributed by atoms with E-state index in [0.29, 0.717) is 0 Å². The lowest BCUT2D eigenvalue weighted by atomic mass is 9.83. The molecule has 0 saturated carbocycles. The summed E-state index contributed by atoms with van der Waals surface area (Å²) in [6.07, 6.45) is 1.95. The van der Waals surface area contributed by atoms with Crippen LogP contribution in [0.1, 0.15) is 32.3 Å². The number of hydrogen-bond donors (Lipinski definition) is 2. The van der Waals surface area contributed by atoms with Gasteiger partial charge in [0.1, 0.15) is 0 Å². The number of halogens is 2. The molecule has 2 nitrogen and oxygen atoms in total. The molecule has 0 amide bonds. The molecule has 4 heteroatoms. The summed E-state index contributed by atoms with van der Waals surface area (Å²) in [4.78, 5) is 0. The minimum absolute atomic E-state index is 0.0121. The first kappa shape index (κ1) is 16.0. The number of rotatable bonds is 7. The van der Waals surface area contributed by atoms with Crippen LogP contribution in [0.2, 0.25) is 5.02 Å². The largest absolute Gasteiger partial charge is 0.396 e. The Labute approximate surface area is 123 Å². The van der Waals surface area contributed by atoms with Crippen LogP contribution in [0.3, 0.4) is 0 Å². The first-order valence-electron chi connectivity index (χ1n) is 6.32. The van der Waals surface area contributed by atoms with Crippen LogP contribution in [-0.4, -0.2) is 18.3 Å². The van der Waals surface area contributed by atoms with Crippen molar-refractivity contribution < 1.29 is 5.11 Å². The molecular formula is C14H21BrClNO. The van der Waals surface area contributed by atoms with Gasteiger partial charge in [0.2, 0.25) is 0 Å². The second kappa shape index (κ2) is 7.49. The van der Waals surface area contributed by atoms with Crippen LogP contribution >= 0.6 is 27.5 Å². The van der Waals surface area contributed by atoms with Crippen LogP contribution in [0.15, 0.2) is 22.7 Å². The van der Waals surface area contributed by atoms with Gasteiger partial charge in [-0.05, 0) is 30.5 Å². The van der Waals surface area contributed by atoms with Gasteiger partial charge in [0.15, 0.2) is 0 Å². The summed E-state index contributed by atoms with van der Waals surface area (Å²) >= 11 is 9.55. The van der Waals surface area contributed by atoms with E-state index >= 15 is 0 Å². The van der Waals surface area contributed by atoms with Gasteiger partial charge in [-0.2, -0.15) is 0 Å². The van der Waals surface area contributed by atoms with Crippen LogP contribution in [0.5, 0.6) is 0 Å². The highest BCUT2D eigenvalue weighted by molar-refractivity contribution is 9.10. The smallest absolute Gasteiger partial charge is 0.0499 e. The molecule has 2 N–H and O–H groups in total. The molecule has 0 heterocycles. The van der Waals surface area contributed by atoms with Crippen LogP contribution in [0.25, 0.3) is 0 Å². The minimum atomic E-state index is -0.0121. The quantitative estimate of drug-likeness (QED) is 0.790. The SMILES string of the molecule is CCC(CC)(CO)CNCc1ccc(Br)cc1Cl. The van der Waals surface area contributed by atoms with E-state index in [0.717, 1.165) is 41.0 Å². The molecule has 0 spiro atoms. The highest BCUT2D eigenvalue weighted by Crippen LogP contribution is 2.25. The highest BCUT2D eigenvalue weighted by atomic mass is 79.9. The predicted molar refractivity (Wildman–Crippen MR) is 81.0 cm³/mol. The number of hydrogen-bond acceptors (Lipinski definition) is 2. The summed E-state index contributed by atoms with van der Waals surface area (Å²) in [5, 5.41) is 13.7. The summed E-state index contributed by atoms with van der Waals surface area (Å²) in [6.45, 7) is 6.00. The maximum absolute atomic E-state index is 9.49. The van der Waals surface area contributed by atoms with Crippen LogP contribution < -0.4 is 5.32 Å². The van der Waals surface area contributed by atoms with E-state index in [1.165, 1.54) is 0 Å². The van der Waals surface area contributed by atoms with E-state index in [2.05, 4.69) is 35.1 Å². The molecule has 0 radical (unpaired) electrons. The molecule has 0 unspecified atom stereocenters. The molecule has 1 aromatic carbocycles. The standard InChI is InChI=1S/C14H21BrClNO/c1-3-14(4-2,10-18)9-17-8-11-5-6-12(15)7-13(11)16/h5-7,17-18H,3-4,8-10H2,1-2H3. The Bertz CT molecular complexity index is 372. The monoisotopic (exact) mass is 333 g/mol. The molecule has 0 saturated heterocycles. The normalized spacial score (nSPS) is 11.8. The molecule has 0 bridgehead atoms. The van der Waals surface area contributed by atoms with E-state index in [1.807, 2.05) is 18.2 Å². The fraction of sp³-hybridized carbons (Fsp3) is 0.571. The van der Waals surface area contributed by atoms with Crippen LogP contribution in [0, 0.1) is 5.41 Å². The molecule has 0 fully saturated rings. The number of nitrogens with one attached hydrogen (secondary N) is 1. The Balaban J connectivity index is 2.55. The average molecular weight is 335 g/mol. The molecule has 0 aromatic heterocycles. The summed E-state index contributed by atoms with van der Waals surface area (Å²) in [7, 11) is 0. The van der Waals surface area contributed by atoms with Crippen molar-refractivity contribution in [1.82, 2.24) is 5.32 Å². The fourth-order valence-electron chi connectivity index (χ4n) is 1.91. The van der Waals surface area contributed by atoms with Crippen molar-refractivity contribution in [2.75, 3.05) is 13.2 Å². The molecule has 18 heavy (non-hydrogen) atoms. The molecule has 0 aliphatic carbocycles. The molecule has 1 aromatic rings. The Morgan fingerprint density at radius 1 is 1.33 bits per heavy atom. The lowest BCUT2D eigenvalue weighted by Gasteiger charge is -2.29. The summed E-state index contributed by atoms with van der Waals surface area (Å²) in [6, 6.07) is 5.90. The zero-order valence-corrected chi connectivity index (χ0v) is 13.3. The number of aliphatic hydroxyl groups excluding tert-OH is 1. The predicted octanol–water partition coefficient (Wildman–Crippen LogP) is 3.99. The van der Waals surface area contributed by atoms with E-state index in [4.69, 9.17) is 11.6 Å². The zero-order valence-electron chi connectivity index (χ0n) is 11.0. The first-order valence-corrected chi connectivity index (χ1v) is 7.49. The van der Waals surface area contributed by atoms with Gasteiger partial charge >= 0.3 is 0 Å². The van der Waals surface area contributed by atoms with Crippen molar-refractivity contribution in [3.63, 3.8) is 0 Å². The second-order valence-electron chi connectivity index (χ2n) is 4.70. The Morgan fingerprint density at radius 3 is 2.50 bits per heavy atom. The van der Waals surface area contributed by atoms with Gasteiger partial charge in [-0.3, -0.25) is 0 Å². The Kier molecular flexibility index (Phi) is 6.64. The van der Waals surface area contributed by atoms with Crippen molar-refractivity contribution in [2.24, 2.45) is 5.41 Å². The lowest BCUT2D eigenvalue weighted by Crippen LogP contribution is -2.36. The molecule has 0 aliphatic heterocycles. The number of benzene rings is 1. The molecule has 1 rings (SSSR count). The lowest BCUT2D eigenvalue weighted by molar-refractivity contribution is 0.113. The van der Waals surface area contributed by atoms with Gasteiger partial charge in [0, 0.05) is 34.6 Å². The van der Waals surface area contributed by atoms with Crippen LogP contribution in [0.4, 0.5) is 0 Å². The van der Waals surface area contributed by atoms with Gasteiger partial charge in [-0.1, -0.05) is 47.4 Å². The van der Waals surface area contributed by atoms with E-state index < -0.39 is 0 Å². The van der Waals surface area contributed by atoms with Crippen molar-refractivity contribution in [1.29, 1.82) is 0 Å². The van der Waals surface area contributed by atoms with Gasteiger partial charge < -0.3 is 10.4 Å². The Morgan fingerprint density at radius 2 is 2.00 bits per heavy atom. The first-order chi connectivity index (χ1) is 8.56. The Hall–Kier alpha value is -0.0900. The van der Waals surface area contributed by atoms with E-state index in [1.54, 1.807) is 0 Å². The summed E-state index contributed by atoms with van der Waals surface area (Å²) in [5.74, 6) is 0. The maximum Gasteiger partial charge on any atom is 0.0499 e. The van der Waals surface area contributed by atoms with Crippen molar-refractivity contribution >= 4 is 27.5 Å². The second-order valence-corrected chi connectivity index (χ2v) is 6.03. The zero-order chi connectivity index (χ0) is 13.6. The topological polar surface area (TPSA) is 32.3 Å². The van der Waals surface area contributed by atoms with E-state index in [9.17, 15) is 5.11 Å². The molecule has 0 atom stereocenters. The van der Waals surface area contributed by atoms with Crippen molar-refractivity contribution in [3.8, 4) is 0 Å². The number of aliphatic hydroxyl groups is 1. The van der Waals surface area contributed by atoms with Gasteiger partial charge in [0.05, 0.1) is 0 Å². The molecule has 0 aliphatic rings. The van der Waals surface area contributed by atoms with Crippen LogP contribution in [-0.2, 0) is 6.54 Å². The summed E-state index contributed by atoms with van der Waals surface area (Å²) < 4.78 is 0.989. The van der Waals surface area contributed by atoms with Crippen molar-refractivity contribution in [3.05, 3.63) is 33.3 Å². The van der Waals surface area contributed by atoms with Gasteiger partial charge in [-0.15, -0.1) is 0 Å². The summed E-state index contributed by atoms with van der Waals surface area (Å²) in [5.41, 5.74) is 1.07. The molecular weight excluding hydrogens is 314 g/mol. The minimum Gasteiger partial charge on any atom is -0.396 e. The maximum atomic E-state index is 9.49. The molecule has 102 valence electrons. The third kappa shape index (κ3) is 4.23. The average Bonchev–Trinajstić information content (AvgIpc) is 2.38. The third-order valence-electron chi connectivity index (χ3n) is 3.67. The fourth-order valence-corrected chi connectivity index (χ4v) is 2.65. The third-order valence-corrected chi connectivity index (χ3v) is 4.51. The van der Waals surface area contributed by atoms with E-state index in [-0.39, 0.29) is 12.0 Å².